The normalized spacial score (nSPS) is 21.2. The standard InChI is InChI=1S/C33H39N5/c1-2-4-11-25(10-3-1)26-12-9-13-27(18-17-26)36-23-24-16-19-28-31(22-24)38-33(30-15-6-8-21-35-30)32(37-28)29-14-5-7-20-34-29/h5-8,14-16,19-22,25-27,36H,1-4,9-13,17-18,23H2. The molecule has 2 aliphatic rings. The van der Waals surface area contributed by atoms with Gasteiger partial charge in [0.15, 0.2) is 0 Å². The van der Waals surface area contributed by atoms with Crippen molar-refractivity contribution in [1.82, 2.24) is 25.3 Å². The van der Waals surface area contributed by atoms with Gasteiger partial charge >= 0.3 is 0 Å². The van der Waals surface area contributed by atoms with Crippen LogP contribution >= 0.6 is 0 Å². The van der Waals surface area contributed by atoms with Gasteiger partial charge in [-0.2, -0.15) is 0 Å². The number of pyridine rings is 2. The van der Waals surface area contributed by atoms with Crippen molar-refractivity contribution in [3.8, 4) is 22.8 Å². The molecule has 6 rings (SSSR count). The van der Waals surface area contributed by atoms with E-state index >= 15 is 0 Å². The second kappa shape index (κ2) is 12.1. The fraction of sp³-hybridized carbons (Fsp3) is 0.455. The summed E-state index contributed by atoms with van der Waals surface area (Å²) in [6.07, 6.45) is 19.2. The van der Waals surface area contributed by atoms with Gasteiger partial charge in [0.05, 0.1) is 22.4 Å². The zero-order valence-corrected chi connectivity index (χ0v) is 22.4. The molecule has 0 radical (unpaired) electrons. The topological polar surface area (TPSA) is 63.6 Å². The van der Waals surface area contributed by atoms with Gasteiger partial charge in [-0.05, 0) is 73.1 Å². The molecule has 196 valence electrons. The van der Waals surface area contributed by atoms with Crippen LogP contribution in [0.3, 0.4) is 0 Å². The smallest absolute Gasteiger partial charge is 0.117 e. The van der Waals surface area contributed by atoms with E-state index in [9.17, 15) is 0 Å². The summed E-state index contributed by atoms with van der Waals surface area (Å²) in [6.45, 7) is 0.872. The maximum atomic E-state index is 5.07. The summed E-state index contributed by atoms with van der Waals surface area (Å²) in [5.41, 5.74) is 6.21. The van der Waals surface area contributed by atoms with Crippen molar-refractivity contribution in [3.05, 3.63) is 72.6 Å². The highest BCUT2D eigenvalue weighted by Crippen LogP contribution is 2.37. The van der Waals surface area contributed by atoms with Crippen molar-refractivity contribution in [2.24, 2.45) is 11.8 Å². The number of rotatable bonds is 6. The second-order valence-electron chi connectivity index (χ2n) is 11.3. The maximum Gasteiger partial charge on any atom is 0.117 e. The van der Waals surface area contributed by atoms with Gasteiger partial charge in [-0.15, -0.1) is 0 Å². The molecule has 0 bridgehead atoms. The monoisotopic (exact) mass is 505 g/mol. The molecule has 1 aromatic carbocycles. The minimum atomic E-state index is 0.614. The van der Waals surface area contributed by atoms with Crippen LogP contribution in [0.1, 0.15) is 76.2 Å². The molecule has 38 heavy (non-hydrogen) atoms. The zero-order chi connectivity index (χ0) is 25.6. The second-order valence-corrected chi connectivity index (χ2v) is 11.3. The summed E-state index contributed by atoms with van der Waals surface area (Å²) >= 11 is 0. The largest absolute Gasteiger partial charge is 0.310 e. The van der Waals surface area contributed by atoms with E-state index in [4.69, 9.17) is 9.97 Å². The first-order valence-electron chi connectivity index (χ1n) is 14.7. The Kier molecular flexibility index (Phi) is 8.01. The Morgan fingerprint density at radius 1 is 0.605 bits per heavy atom. The molecule has 2 unspecified atom stereocenters. The number of nitrogens with one attached hydrogen (secondary N) is 1. The van der Waals surface area contributed by atoms with Crippen LogP contribution in [0.4, 0.5) is 0 Å². The Bertz CT molecular complexity index is 1320. The van der Waals surface area contributed by atoms with Crippen molar-refractivity contribution in [2.45, 2.75) is 83.2 Å². The van der Waals surface area contributed by atoms with Crippen LogP contribution in [0.5, 0.6) is 0 Å². The van der Waals surface area contributed by atoms with Crippen LogP contribution < -0.4 is 5.32 Å². The number of nitrogens with zero attached hydrogens (tertiary/aromatic N) is 4. The lowest BCUT2D eigenvalue weighted by molar-refractivity contribution is 0.267. The lowest BCUT2D eigenvalue weighted by atomic mass is 9.81. The molecular weight excluding hydrogens is 466 g/mol. The quantitative estimate of drug-likeness (QED) is 0.271. The third kappa shape index (κ3) is 5.94. The third-order valence-electron chi connectivity index (χ3n) is 8.72. The number of fused-ring (bicyclic) bond motifs is 1. The van der Waals surface area contributed by atoms with Crippen molar-refractivity contribution in [1.29, 1.82) is 0 Å². The Hall–Kier alpha value is -3.18. The predicted octanol–water partition coefficient (Wildman–Crippen LogP) is 7.76. The summed E-state index contributed by atoms with van der Waals surface area (Å²) in [5.74, 6) is 1.94. The molecule has 2 saturated carbocycles. The van der Waals surface area contributed by atoms with Gasteiger partial charge in [0.2, 0.25) is 0 Å². The van der Waals surface area contributed by atoms with Crippen LogP contribution in [0.25, 0.3) is 33.8 Å². The van der Waals surface area contributed by atoms with E-state index in [0.29, 0.717) is 6.04 Å². The third-order valence-corrected chi connectivity index (χ3v) is 8.72. The van der Waals surface area contributed by atoms with Crippen LogP contribution in [0.2, 0.25) is 0 Å². The minimum absolute atomic E-state index is 0.614. The molecule has 0 aliphatic heterocycles. The van der Waals surface area contributed by atoms with Gasteiger partial charge in [-0.1, -0.05) is 69.6 Å². The van der Waals surface area contributed by atoms with Gasteiger partial charge in [0.1, 0.15) is 11.4 Å². The molecule has 3 heterocycles. The van der Waals surface area contributed by atoms with E-state index in [-0.39, 0.29) is 0 Å². The van der Waals surface area contributed by atoms with Crippen LogP contribution in [0.15, 0.2) is 67.0 Å². The highest BCUT2D eigenvalue weighted by atomic mass is 14.9. The fourth-order valence-corrected chi connectivity index (χ4v) is 6.62. The Labute approximate surface area is 226 Å². The minimum Gasteiger partial charge on any atom is -0.310 e. The SMILES string of the molecule is c1ccc(-c2nc3ccc(CNC4CCCC(C5CCCCCC5)CC4)cc3nc2-c2ccccn2)nc1. The van der Waals surface area contributed by atoms with Crippen molar-refractivity contribution in [3.63, 3.8) is 0 Å². The van der Waals surface area contributed by atoms with E-state index in [0.717, 1.165) is 52.2 Å². The van der Waals surface area contributed by atoms with Crippen molar-refractivity contribution >= 4 is 11.0 Å². The first-order valence-corrected chi connectivity index (χ1v) is 14.7. The average molecular weight is 506 g/mol. The highest BCUT2D eigenvalue weighted by Gasteiger charge is 2.26. The van der Waals surface area contributed by atoms with Crippen molar-refractivity contribution < 1.29 is 0 Å². The first kappa shape index (κ1) is 25.1. The lowest BCUT2D eigenvalue weighted by Crippen LogP contribution is -2.28. The Morgan fingerprint density at radius 3 is 1.95 bits per heavy atom. The molecule has 5 nitrogen and oxygen atoms in total. The summed E-state index contributed by atoms with van der Waals surface area (Å²) < 4.78 is 0. The van der Waals surface area contributed by atoms with Crippen LogP contribution in [0, 0.1) is 11.8 Å². The van der Waals surface area contributed by atoms with Crippen molar-refractivity contribution in [2.75, 3.05) is 0 Å². The fourth-order valence-electron chi connectivity index (χ4n) is 6.62. The van der Waals surface area contributed by atoms with E-state index in [1.54, 1.807) is 12.4 Å². The van der Waals surface area contributed by atoms with E-state index in [1.807, 2.05) is 36.4 Å². The summed E-state index contributed by atoms with van der Waals surface area (Å²) in [4.78, 5) is 19.2. The van der Waals surface area contributed by atoms with E-state index in [2.05, 4.69) is 33.5 Å². The van der Waals surface area contributed by atoms with Gasteiger partial charge in [-0.25, -0.2) is 9.97 Å². The molecule has 0 amide bonds. The molecule has 4 aromatic rings. The average Bonchev–Trinajstić information content (AvgIpc) is 3.40. The molecule has 1 N–H and O–H groups in total. The van der Waals surface area contributed by atoms with Crippen LogP contribution in [-0.4, -0.2) is 26.0 Å². The summed E-state index contributed by atoms with van der Waals surface area (Å²) in [7, 11) is 0. The maximum absolute atomic E-state index is 5.07. The number of hydrogen-bond acceptors (Lipinski definition) is 5. The van der Waals surface area contributed by atoms with Crippen LogP contribution in [-0.2, 0) is 6.54 Å². The molecule has 3 aromatic heterocycles. The highest BCUT2D eigenvalue weighted by molar-refractivity contribution is 5.84. The summed E-state index contributed by atoms with van der Waals surface area (Å²) in [6, 6.07) is 18.9. The molecule has 0 saturated heterocycles. The Balaban J connectivity index is 1.18. The Morgan fingerprint density at radius 2 is 1.26 bits per heavy atom. The molecular formula is C33H39N5. The zero-order valence-electron chi connectivity index (χ0n) is 22.4. The van der Waals surface area contributed by atoms with Gasteiger partial charge in [0.25, 0.3) is 0 Å². The summed E-state index contributed by atoms with van der Waals surface area (Å²) in [5, 5.41) is 3.89. The van der Waals surface area contributed by atoms with E-state index in [1.165, 1.54) is 76.2 Å². The number of hydrogen-bond donors (Lipinski definition) is 1. The molecule has 2 aliphatic carbocycles. The number of aromatic nitrogens is 4. The van der Waals surface area contributed by atoms with Gasteiger partial charge in [-0.3, -0.25) is 9.97 Å². The molecule has 0 spiro atoms. The molecule has 2 fully saturated rings. The first-order chi connectivity index (χ1) is 18.8. The number of benzene rings is 1. The predicted molar refractivity (Wildman–Crippen MR) is 154 cm³/mol. The molecule has 5 heteroatoms. The lowest BCUT2D eigenvalue weighted by Gasteiger charge is -2.25. The van der Waals surface area contributed by atoms with Gasteiger partial charge < -0.3 is 5.32 Å². The molecule has 2 atom stereocenters. The van der Waals surface area contributed by atoms with E-state index < -0.39 is 0 Å². The van der Waals surface area contributed by atoms with Gasteiger partial charge in [0, 0.05) is 25.0 Å².